The molecule has 0 heterocycles. The zero-order valence-corrected chi connectivity index (χ0v) is 34.2. The van der Waals surface area contributed by atoms with E-state index in [-0.39, 0.29) is 59.1 Å². The van der Waals surface area contributed by atoms with Crippen molar-refractivity contribution in [1.29, 1.82) is 0 Å². The molecule has 0 rings (SSSR count). The van der Waals surface area contributed by atoms with Crippen molar-refractivity contribution in [3.8, 4) is 0 Å². The van der Waals surface area contributed by atoms with Crippen LogP contribution in [0.3, 0.4) is 0 Å². The predicted molar refractivity (Wildman–Crippen MR) is 175 cm³/mol. The summed E-state index contributed by atoms with van der Waals surface area (Å²) in [5.41, 5.74) is 0. The van der Waals surface area contributed by atoms with Gasteiger partial charge in [-0.3, -0.25) is 0 Å². The second kappa shape index (κ2) is 50.1. The minimum Gasteiger partial charge on any atom is -0.652 e. The van der Waals surface area contributed by atoms with Crippen molar-refractivity contribution in [2.75, 3.05) is 13.2 Å². The van der Waals surface area contributed by atoms with Crippen LogP contribution in [-0.4, -0.2) is 19.4 Å². The van der Waals surface area contributed by atoms with Gasteiger partial charge in [-0.1, -0.05) is 206 Å². The van der Waals surface area contributed by atoms with Crippen molar-refractivity contribution in [3.63, 3.8) is 0 Å². The monoisotopic (exact) mass is 629 g/mol. The van der Waals surface area contributed by atoms with E-state index in [4.69, 9.17) is 19.7 Å². The van der Waals surface area contributed by atoms with Crippen LogP contribution < -0.4 is 69.3 Å². The molecule has 0 fully saturated rings. The maximum Gasteiger partial charge on any atom is 1.00 e. The molecule has 0 amide bonds. The molecule has 248 valence electrons. The summed E-state index contributed by atoms with van der Waals surface area (Å²) in [5, 5.41) is 16.7. The molecule has 0 bridgehead atoms. The predicted octanol–water partition coefficient (Wildman–Crippen LogP) is 5.09. The van der Waals surface area contributed by atoms with Crippen LogP contribution in [0.1, 0.15) is 219 Å². The number of carboxylic acid groups (broad SMARTS) is 2. The average molecular weight is 629 g/mol. The van der Waals surface area contributed by atoms with Crippen molar-refractivity contribution in [2.24, 2.45) is 0 Å². The smallest absolute Gasteiger partial charge is 0.652 e. The molecule has 0 saturated heterocycles. The first kappa shape index (κ1) is 51.1. The summed E-state index contributed by atoms with van der Waals surface area (Å²) in [7, 11) is 0. The van der Waals surface area contributed by atoms with Crippen LogP contribution >= 0.6 is 0 Å². The van der Waals surface area contributed by atoms with E-state index in [1.807, 2.05) is 0 Å². The van der Waals surface area contributed by atoms with Crippen LogP contribution in [-0.2, 0) is 4.74 Å². The Morgan fingerprint density at radius 2 is 0.488 bits per heavy atom. The fourth-order valence-electron chi connectivity index (χ4n) is 5.61. The van der Waals surface area contributed by atoms with Gasteiger partial charge in [0, 0.05) is 13.2 Å². The molecular weight excluding hydrogens is 554 g/mol. The van der Waals surface area contributed by atoms with E-state index < -0.39 is 6.16 Å². The van der Waals surface area contributed by atoms with Crippen LogP contribution in [0.15, 0.2) is 0 Å². The minimum atomic E-state index is -2.33. The summed E-state index contributed by atoms with van der Waals surface area (Å²) in [4.78, 5) is 8.33. The van der Waals surface area contributed by atoms with Gasteiger partial charge in [-0.05, 0) is 19.0 Å². The van der Waals surface area contributed by atoms with Crippen molar-refractivity contribution in [2.45, 2.75) is 219 Å². The Balaban J connectivity index is -0.00000118. The van der Waals surface area contributed by atoms with E-state index in [1.54, 1.807) is 0 Å². The van der Waals surface area contributed by atoms with Crippen LogP contribution in [0.4, 0.5) is 4.79 Å². The van der Waals surface area contributed by atoms with Gasteiger partial charge >= 0.3 is 59.1 Å². The normalized spacial score (nSPS) is 10.5. The molecular formula is C37H74Na2O4. The number of hydrogen-bond donors (Lipinski definition) is 0. The molecule has 0 aromatic rings. The van der Waals surface area contributed by atoms with Crippen LogP contribution in [0.5, 0.6) is 0 Å². The average Bonchev–Trinajstić information content (AvgIpc) is 2.95. The molecule has 0 aromatic carbocycles. The third kappa shape index (κ3) is 59.2. The summed E-state index contributed by atoms with van der Waals surface area (Å²) in [6, 6.07) is 0. The molecule has 0 aliphatic heterocycles. The third-order valence-electron chi connectivity index (χ3n) is 8.28. The molecule has 0 aliphatic carbocycles. The number of carbonyl (C=O) groups excluding carboxylic acids is 1. The van der Waals surface area contributed by atoms with Gasteiger partial charge in [0.2, 0.25) is 0 Å². The largest absolute Gasteiger partial charge is 1.00 e. The van der Waals surface area contributed by atoms with Crippen LogP contribution in [0.2, 0.25) is 0 Å². The van der Waals surface area contributed by atoms with E-state index in [2.05, 4.69) is 13.8 Å². The van der Waals surface area contributed by atoms with Crippen molar-refractivity contribution in [3.05, 3.63) is 0 Å². The number of unbranched alkanes of at least 4 members (excludes halogenated alkanes) is 30. The van der Waals surface area contributed by atoms with E-state index in [1.165, 1.54) is 205 Å². The molecule has 6 heteroatoms. The van der Waals surface area contributed by atoms with Crippen LogP contribution in [0, 0.1) is 0 Å². The summed E-state index contributed by atoms with van der Waals surface area (Å²) in [5.74, 6) is 0. The number of carbonyl (C=O) groups is 1. The number of rotatable bonds is 34. The molecule has 4 nitrogen and oxygen atoms in total. The topological polar surface area (TPSA) is 72.4 Å². The molecule has 0 atom stereocenters. The third-order valence-corrected chi connectivity index (χ3v) is 8.28. The summed E-state index contributed by atoms with van der Waals surface area (Å²) in [6.07, 6.45) is 43.7. The standard InChI is InChI=1S/C36H74O.CH2O3.2Na/c1-3-5-7-9-11-13-15-17-19-21-23-25-27-29-31-33-35-37-36-34-32-30-28-26-24-22-20-18-16-14-12-10-8-6-4-2;2-1(3)4;;/h3-36H2,1-2H3;(H2,2,3,4);;/q;;2*+1/p-2. The second-order valence-corrected chi connectivity index (χ2v) is 12.5. The summed E-state index contributed by atoms with van der Waals surface area (Å²) >= 11 is 0. The van der Waals surface area contributed by atoms with E-state index in [0.717, 1.165) is 13.2 Å². The Labute approximate surface area is 315 Å². The van der Waals surface area contributed by atoms with Gasteiger partial charge in [0.05, 0.1) is 0 Å². The Morgan fingerprint density at radius 1 is 0.349 bits per heavy atom. The van der Waals surface area contributed by atoms with Crippen LogP contribution in [0.25, 0.3) is 0 Å². The first-order valence-electron chi connectivity index (χ1n) is 18.6. The van der Waals surface area contributed by atoms with E-state index >= 15 is 0 Å². The fourth-order valence-corrected chi connectivity index (χ4v) is 5.61. The molecule has 0 unspecified atom stereocenters. The zero-order valence-electron chi connectivity index (χ0n) is 30.2. The van der Waals surface area contributed by atoms with Crippen molar-refractivity contribution >= 4 is 6.16 Å². The first-order valence-corrected chi connectivity index (χ1v) is 18.6. The molecule has 0 aromatic heterocycles. The Bertz CT molecular complexity index is 428. The van der Waals surface area contributed by atoms with Gasteiger partial charge < -0.3 is 19.7 Å². The summed E-state index contributed by atoms with van der Waals surface area (Å²) < 4.78 is 5.87. The fraction of sp³-hybridized carbons (Fsp3) is 0.973. The second-order valence-electron chi connectivity index (χ2n) is 12.5. The molecule has 0 N–H and O–H groups in total. The van der Waals surface area contributed by atoms with E-state index in [0.29, 0.717) is 0 Å². The molecule has 0 saturated carbocycles. The number of hydrogen-bond acceptors (Lipinski definition) is 4. The van der Waals surface area contributed by atoms with Gasteiger partial charge in [-0.15, -0.1) is 0 Å². The van der Waals surface area contributed by atoms with Gasteiger partial charge in [0.1, 0.15) is 0 Å². The number of ether oxygens (including phenoxy) is 1. The maximum absolute atomic E-state index is 8.33. The van der Waals surface area contributed by atoms with Gasteiger partial charge in [-0.25, -0.2) is 0 Å². The SMILES string of the molecule is CCCCCCCCCCCCCCCCCCOCCCCCCCCCCCCCCCCCC.O=C([O-])[O-].[Na+].[Na+]. The van der Waals surface area contributed by atoms with Gasteiger partial charge in [-0.2, -0.15) is 0 Å². The van der Waals surface area contributed by atoms with Crippen molar-refractivity contribution < 1.29 is 78.9 Å². The van der Waals surface area contributed by atoms with Gasteiger partial charge in [0.25, 0.3) is 0 Å². The Morgan fingerprint density at radius 3 is 0.651 bits per heavy atom. The summed E-state index contributed by atoms with van der Waals surface area (Å²) in [6.45, 7) is 6.60. The molecule has 0 radical (unpaired) electrons. The van der Waals surface area contributed by atoms with Crippen molar-refractivity contribution in [1.82, 2.24) is 0 Å². The maximum atomic E-state index is 8.33. The minimum absolute atomic E-state index is 0. The first-order chi connectivity index (χ1) is 20.1. The molecule has 0 spiro atoms. The molecule has 0 aliphatic rings. The zero-order chi connectivity index (χ0) is 30.3. The van der Waals surface area contributed by atoms with Gasteiger partial charge in [0.15, 0.2) is 0 Å². The Hall–Kier alpha value is 1.23. The Kier molecular flexibility index (Phi) is 59.5. The van der Waals surface area contributed by atoms with E-state index in [9.17, 15) is 0 Å². The quantitative estimate of drug-likeness (QED) is 0.0736. The molecule has 43 heavy (non-hydrogen) atoms.